The first-order chi connectivity index (χ1) is 17.1. The van der Waals surface area contributed by atoms with E-state index in [9.17, 15) is 4.79 Å². The highest BCUT2D eigenvalue weighted by atomic mass is 16.5. The van der Waals surface area contributed by atoms with Crippen LogP contribution in [0.5, 0.6) is 0 Å². The Kier molecular flexibility index (Phi) is 4.55. The van der Waals surface area contributed by atoms with Gasteiger partial charge in [-0.1, -0.05) is 47.6 Å². The number of hydrogen-bond acceptors (Lipinski definition) is 4. The van der Waals surface area contributed by atoms with Crippen LogP contribution in [-0.2, 0) is 11.3 Å². The third-order valence-corrected chi connectivity index (χ3v) is 7.88. The lowest BCUT2D eigenvalue weighted by atomic mass is 9.82. The fraction of sp³-hybridized carbons (Fsp3) is 0.310. The zero-order valence-electron chi connectivity index (χ0n) is 19.3. The number of hydrogen-bond donors (Lipinski definition) is 3. The summed E-state index contributed by atoms with van der Waals surface area (Å²) in [7, 11) is 0. The lowest BCUT2D eigenvalue weighted by Crippen LogP contribution is -2.23. The van der Waals surface area contributed by atoms with Crippen molar-refractivity contribution in [2.24, 2.45) is 10.9 Å². The van der Waals surface area contributed by atoms with Crippen LogP contribution in [0.4, 0.5) is 0 Å². The summed E-state index contributed by atoms with van der Waals surface area (Å²) in [5.41, 5.74) is 15.9. The number of amides is 1. The van der Waals surface area contributed by atoms with Crippen LogP contribution in [0, 0.1) is 0 Å². The molecule has 0 spiro atoms. The topological polar surface area (TPSA) is 96.9 Å². The first-order valence-electron chi connectivity index (χ1n) is 12.4. The van der Waals surface area contributed by atoms with Crippen molar-refractivity contribution in [1.29, 1.82) is 0 Å². The molecule has 3 aromatic carbocycles. The van der Waals surface area contributed by atoms with Gasteiger partial charge in [0.1, 0.15) is 12.2 Å². The number of nitrogens with two attached hydrogens (primary N) is 1. The van der Waals surface area contributed by atoms with E-state index in [1.54, 1.807) is 23.3 Å². The SMILES string of the molecule is NC(=NO)c1ccc(CNC(=O)c2ccc3c(c2)[C@H]2O[C@@H]3c3cc(C4CC4)c(C4CC4)cc32)cc1. The quantitative estimate of drug-likeness (QED) is 0.207. The molecule has 1 amide bonds. The molecule has 0 radical (unpaired) electrons. The number of amidine groups is 1. The van der Waals surface area contributed by atoms with Gasteiger partial charge in [0.05, 0.1) is 0 Å². The zero-order chi connectivity index (χ0) is 23.7. The fourth-order valence-electron chi connectivity index (χ4n) is 5.70. The highest BCUT2D eigenvalue weighted by molar-refractivity contribution is 5.97. The maximum atomic E-state index is 12.9. The molecule has 2 atom stereocenters. The summed E-state index contributed by atoms with van der Waals surface area (Å²) < 4.78 is 6.46. The zero-order valence-corrected chi connectivity index (χ0v) is 19.3. The predicted molar refractivity (Wildman–Crippen MR) is 132 cm³/mol. The molecule has 4 N–H and O–H groups in total. The van der Waals surface area contributed by atoms with Crippen LogP contribution < -0.4 is 11.1 Å². The van der Waals surface area contributed by atoms with Crippen LogP contribution in [0.15, 0.2) is 59.8 Å². The third-order valence-electron chi connectivity index (χ3n) is 7.88. The average molecular weight is 466 g/mol. The van der Waals surface area contributed by atoms with Crippen LogP contribution in [0.1, 0.15) is 105 Å². The average Bonchev–Trinajstić information content (AvgIpc) is 3.84. The minimum atomic E-state index is -0.112. The number of rotatable bonds is 6. The second-order valence-corrected chi connectivity index (χ2v) is 10.3. The van der Waals surface area contributed by atoms with Crippen LogP contribution in [-0.4, -0.2) is 17.0 Å². The summed E-state index contributed by atoms with van der Waals surface area (Å²) >= 11 is 0. The molecular weight excluding hydrogens is 438 g/mol. The molecular formula is C29H27N3O3. The largest absolute Gasteiger partial charge is 0.409 e. The molecule has 0 saturated heterocycles. The van der Waals surface area contributed by atoms with Gasteiger partial charge in [0.2, 0.25) is 0 Å². The monoisotopic (exact) mass is 465 g/mol. The minimum Gasteiger partial charge on any atom is -0.409 e. The van der Waals surface area contributed by atoms with Crippen LogP contribution in [0.25, 0.3) is 0 Å². The molecule has 2 aliphatic carbocycles. The molecule has 2 fully saturated rings. The minimum absolute atomic E-state index is 0.0127. The summed E-state index contributed by atoms with van der Waals surface area (Å²) in [6.45, 7) is 0.395. The molecule has 35 heavy (non-hydrogen) atoms. The van der Waals surface area contributed by atoms with Crippen molar-refractivity contribution in [2.45, 2.75) is 56.3 Å². The van der Waals surface area contributed by atoms with Crippen LogP contribution >= 0.6 is 0 Å². The van der Waals surface area contributed by atoms with Crippen molar-refractivity contribution in [2.75, 3.05) is 0 Å². The smallest absolute Gasteiger partial charge is 0.251 e. The van der Waals surface area contributed by atoms with Gasteiger partial charge < -0.3 is 21.0 Å². The van der Waals surface area contributed by atoms with Gasteiger partial charge >= 0.3 is 0 Å². The van der Waals surface area contributed by atoms with Gasteiger partial charge in [0.15, 0.2) is 5.84 Å². The molecule has 6 nitrogen and oxygen atoms in total. The second-order valence-electron chi connectivity index (χ2n) is 10.3. The Hall–Kier alpha value is -3.64. The van der Waals surface area contributed by atoms with Gasteiger partial charge in [-0.3, -0.25) is 4.79 Å². The molecule has 4 aliphatic rings. The van der Waals surface area contributed by atoms with Crippen molar-refractivity contribution >= 4 is 11.7 Å². The molecule has 2 heterocycles. The van der Waals surface area contributed by atoms with Gasteiger partial charge in [-0.2, -0.15) is 0 Å². The normalized spacial score (nSPS) is 22.1. The lowest BCUT2D eigenvalue weighted by Gasteiger charge is -2.20. The molecule has 3 aromatic rings. The summed E-state index contributed by atoms with van der Waals surface area (Å²) in [6, 6.07) is 18.1. The van der Waals surface area contributed by atoms with E-state index in [1.807, 2.05) is 24.3 Å². The standard InChI is InChI=1S/C29H27N3O3/c30-28(32-34)18-3-1-15(2-4-18)14-31-29(33)19-9-10-20-23(11-19)27-25-13-22(17-7-8-17)21(16-5-6-16)12-24(25)26(20)35-27/h1-4,9-13,16-17,26-27,34H,5-8,14H2,(H2,30,32)(H,31,33)/t26-,27+/m0/s1. The Morgan fingerprint density at radius 3 is 2.00 bits per heavy atom. The highest BCUT2D eigenvalue weighted by Crippen LogP contribution is 2.58. The molecule has 176 valence electrons. The number of carbonyl (C=O) groups is 1. The van der Waals surface area contributed by atoms with E-state index in [0.29, 0.717) is 17.7 Å². The Morgan fingerprint density at radius 2 is 1.40 bits per heavy atom. The summed E-state index contributed by atoms with van der Waals surface area (Å²) in [5, 5.41) is 14.8. The van der Waals surface area contributed by atoms with E-state index in [1.165, 1.54) is 42.4 Å². The van der Waals surface area contributed by atoms with E-state index in [2.05, 4.69) is 28.7 Å². The van der Waals surface area contributed by atoms with Crippen molar-refractivity contribution in [1.82, 2.24) is 5.32 Å². The van der Waals surface area contributed by atoms with Gasteiger partial charge in [-0.25, -0.2) is 0 Å². The maximum absolute atomic E-state index is 12.9. The maximum Gasteiger partial charge on any atom is 0.251 e. The first-order valence-corrected chi connectivity index (χ1v) is 12.4. The number of oxime groups is 1. The lowest BCUT2D eigenvalue weighted by molar-refractivity contribution is 0.0857. The molecule has 2 saturated carbocycles. The predicted octanol–water partition coefficient (Wildman–Crippen LogP) is 4.99. The van der Waals surface area contributed by atoms with E-state index in [-0.39, 0.29) is 24.0 Å². The van der Waals surface area contributed by atoms with Crippen molar-refractivity contribution in [3.8, 4) is 0 Å². The Bertz CT molecular complexity index is 1390. The van der Waals surface area contributed by atoms with Crippen molar-refractivity contribution in [3.63, 3.8) is 0 Å². The molecule has 2 bridgehead atoms. The Balaban J connectivity index is 1.11. The molecule has 6 heteroatoms. The van der Waals surface area contributed by atoms with Crippen molar-refractivity contribution < 1.29 is 14.7 Å². The summed E-state index contributed by atoms with van der Waals surface area (Å²) in [6.07, 6.45) is 5.16. The van der Waals surface area contributed by atoms with Gasteiger partial charge in [0, 0.05) is 17.7 Å². The molecule has 0 aromatic heterocycles. The first kappa shape index (κ1) is 20.7. The number of fused-ring (bicyclic) bond motifs is 8. The van der Waals surface area contributed by atoms with Gasteiger partial charge in [0.25, 0.3) is 5.91 Å². The number of nitrogens with one attached hydrogen (secondary N) is 1. The fourth-order valence-corrected chi connectivity index (χ4v) is 5.70. The molecule has 2 aliphatic heterocycles. The van der Waals surface area contributed by atoms with E-state index < -0.39 is 0 Å². The molecule has 7 rings (SSSR count). The number of ether oxygens (including phenoxy) is 1. The van der Waals surface area contributed by atoms with Crippen molar-refractivity contribution in [3.05, 3.63) is 105 Å². The van der Waals surface area contributed by atoms with Gasteiger partial charge in [-0.15, -0.1) is 0 Å². The number of carbonyl (C=O) groups excluding carboxylic acids is 1. The Labute approximate surface area is 203 Å². The van der Waals surface area contributed by atoms with Crippen LogP contribution in [0.2, 0.25) is 0 Å². The highest BCUT2D eigenvalue weighted by Gasteiger charge is 2.45. The van der Waals surface area contributed by atoms with Crippen LogP contribution in [0.3, 0.4) is 0 Å². The second kappa shape index (κ2) is 7.68. The van der Waals surface area contributed by atoms with E-state index >= 15 is 0 Å². The number of benzene rings is 3. The van der Waals surface area contributed by atoms with Gasteiger partial charge in [-0.05, 0) is 88.6 Å². The third kappa shape index (κ3) is 3.43. The van der Waals surface area contributed by atoms with E-state index in [4.69, 9.17) is 15.7 Å². The molecule has 0 unspecified atom stereocenters. The summed E-state index contributed by atoms with van der Waals surface area (Å²) in [5.74, 6) is 1.42. The Morgan fingerprint density at radius 1 is 0.829 bits per heavy atom. The number of nitrogens with zero attached hydrogens (tertiary/aromatic N) is 1. The van der Waals surface area contributed by atoms with E-state index in [0.717, 1.165) is 23.0 Å². The summed E-state index contributed by atoms with van der Waals surface area (Å²) in [4.78, 5) is 12.9.